The number of amides is 2. The number of benzene rings is 1. The fraction of sp³-hybridized carbons (Fsp3) is 0.500. The fourth-order valence-electron chi connectivity index (χ4n) is 3.41. The molecule has 1 saturated heterocycles. The molecule has 2 aliphatic rings. The summed E-state index contributed by atoms with van der Waals surface area (Å²) in [6.07, 6.45) is 0.995. The number of likely N-dealkylation sites (tertiary alicyclic amines) is 1. The van der Waals surface area contributed by atoms with Gasteiger partial charge in [0.1, 0.15) is 0 Å². The maximum absolute atomic E-state index is 12.3. The van der Waals surface area contributed by atoms with Crippen molar-refractivity contribution in [3.05, 3.63) is 35.4 Å². The van der Waals surface area contributed by atoms with E-state index in [9.17, 15) is 14.7 Å². The van der Waals surface area contributed by atoms with E-state index >= 15 is 0 Å². The average Bonchev–Trinajstić information content (AvgIpc) is 2.72. The second-order valence-corrected chi connectivity index (χ2v) is 6.15. The molecule has 5 nitrogen and oxygen atoms in total. The van der Waals surface area contributed by atoms with E-state index in [0.717, 1.165) is 19.5 Å². The first-order valence-corrected chi connectivity index (χ1v) is 7.38. The van der Waals surface area contributed by atoms with E-state index in [0.29, 0.717) is 23.7 Å². The Balaban J connectivity index is 1.74. The monoisotopic (exact) mass is 288 g/mol. The molecule has 2 atom stereocenters. The van der Waals surface area contributed by atoms with Crippen LogP contribution in [0.3, 0.4) is 0 Å². The predicted octanol–water partition coefficient (Wildman–Crippen LogP) is 1.19. The quantitative estimate of drug-likeness (QED) is 0.849. The summed E-state index contributed by atoms with van der Waals surface area (Å²) in [4.78, 5) is 28.1. The molecule has 1 N–H and O–H groups in total. The number of aliphatic hydroxyl groups is 1. The van der Waals surface area contributed by atoms with Gasteiger partial charge < -0.3 is 5.11 Å². The Kier molecular flexibility index (Phi) is 3.78. The number of rotatable bonds is 3. The van der Waals surface area contributed by atoms with Gasteiger partial charge in [-0.25, -0.2) is 0 Å². The Morgan fingerprint density at radius 2 is 1.76 bits per heavy atom. The molecule has 0 bridgehead atoms. The predicted molar refractivity (Wildman–Crippen MR) is 77.7 cm³/mol. The minimum Gasteiger partial charge on any atom is -0.396 e. The van der Waals surface area contributed by atoms with Gasteiger partial charge in [0.05, 0.1) is 17.8 Å². The molecule has 2 amide bonds. The highest BCUT2D eigenvalue weighted by Gasteiger charge is 2.37. The minimum absolute atomic E-state index is 0.156. The van der Waals surface area contributed by atoms with Crippen LogP contribution in [-0.4, -0.2) is 53.1 Å². The van der Waals surface area contributed by atoms with Crippen molar-refractivity contribution in [1.29, 1.82) is 0 Å². The van der Waals surface area contributed by atoms with Crippen LogP contribution in [0.25, 0.3) is 0 Å². The third-order valence-electron chi connectivity index (χ3n) is 4.30. The summed E-state index contributed by atoms with van der Waals surface area (Å²) in [6, 6.07) is 6.95. The summed E-state index contributed by atoms with van der Waals surface area (Å²) in [5.74, 6) is 0.263. The number of piperidine rings is 1. The summed E-state index contributed by atoms with van der Waals surface area (Å²) < 4.78 is 0. The number of nitrogens with zero attached hydrogens (tertiary/aromatic N) is 2. The van der Waals surface area contributed by atoms with Gasteiger partial charge in [-0.2, -0.15) is 0 Å². The van der Waals surface area contributed by atoms with E-state index in [-0.39, 0.29) is 24.3 Å². The van der Waals surface area contributed by atoms with Crippen LogP contribution >= 0.6 is 0 Å². The molecular weight excluding hydrogens is 268 g/mol. The first-order chi connectivity index (χ1) is 10.1. The highest BCUT2D eigenvalue weighted by molar-refractivity contribution is 6.21. The number of hydrogen-bond donors (Lipinski definition) is 1. The first kappa shape index (κ1) is 14.2. The topological polar surface area (TPSA) is 60.9 Å². The Labute approximate surface area is 124 Å². The Morgan fingerprint density at radius 3 is 2.33 bits per heavy atom. The summed E-state index contributed by atoms with van der Waals surface area (Å²) in [5.41, 5.74) is 0.984. The van der Waals surface area contributed by atoms with Crippen LogP contribution in [0, 0.1) is 11.8 Å². The number of hydrogen-bond acceptors (Lipinski definition) is 4. The zero-order chi connectivity index (χ0) is 15.0. The third-order valence-corrected chi connectivity index (χ3v) is 4.30. The van der Waals surface area contributed by atoms with E-state index in [2.05, 4.69) is 11.8 Å². The van der Waals surface area contributed by atoms with Gasteiger partial charge in [0, 0.05) is 19.7 Å². The van der Waals surface area contributed by atoms with Gasteiger partial charge in [0.25, 0.3) is 11.8 Å². The smallest absolute Gasteiger partial charge is 0.262 e. The molecule has 112 valence electrons. The van der Waals surface area contributed by atoms with Crippen molar-refractivity contribution < 1.29 is 14.7 Å². The molecule has 1 aromatic rings. The van der Waals surface area contributed by atoms with E-state index < -0.39 is 0 Å². The summed E-state index contributed by atoms with van der Waals surface area (Å²) in [5, 5.41) is 9.36. The summed E-state index contributed by atoms with van der Waals surface area (Å²) in [7, 11) is 0. The van der Waals surface area contributed by atoms with Crippen LogP contribution in [-0.2, 0) is 0 Å². The van der Waals surface area contributed by atoms with E-state index in [1.165, 1.54) is 4.90 Å². The normalized spacial score (nSPS) is 26.3. The number of carbonyl (C=O) groups is 2. The first-order valence-electron chi connectivity index (χ1n) is 7.38. The van der Waals surface area contributed by atoms with Gasteiger partial charge in [-0.05, 0) is 30.4 Å². The Morgan fingerprint density at radius 1 is 1.14 bits per heavy atom. The second-order valence-electron chi connectivity index (χ2n) is 6.15. The molecule has 2 aliphatic heterocycles. The standard InChI is InChI=1S/C16H20N2O3/c1-11-6-12(9-19)8-17(7-11)10-18-15(20)13-4-2-3-5-14(13)16(18)21/h2-5,11-12,19H,6-10H2,1H3. The van der Waals surface area contributed by atoms with Crippen LogP contribution in [0.2, 0.25) is 0 Å². The van der Waals surface area contributed by atoms with Crippen molar-refractivity contribution in [1.82, 2.24) is 9.80 Å². The lowest BCUT2D eigenvalue weighted by atomic mass is 9.91. The Hall–Kier alpha value is -1.72. The van der Waals surface area contributed by atoms with Crippen molar-refractivity contribution in [2.24, 2.45) is 11.8 Å². The maximum atomic E-state index is 12.3. The van der Waals surface area contributed by atoms with Gasteiger partial charge in [-0.15, -0.1) is 0 Å². The molecule has 1 aromatic carbocycles. The molecule has 0 spiro atoms. The number of imide groups is 1. The lowest BCUT2D eigenvalue weighted by molar-refractivity contribution is 0.0356. The zero-order valence-electron chi connectivity index (χ0n) is 12.2. The van der Waals surface area contributed by atoms with Gasteiger partial charge in [0.2, 0.25) is 0 Å². The average molecular weight is 288 g/mol. The molecular formula is C16H20N2O3. The molecule has 0 aromatic heterocycles. The zero-order valence-corrected chi connectivity index (χ0v) is 12.2. The second kappa shape index (κ2) is 5.58. The van der Waals surface area contributed by atoms with Gasteiger partial charge in [-0.1, -0.05) is 19.1 Å². The van der Waals surface area contributed by atoms with Gasteiger partial charge in [0.15, 0.2) is 0 Å². The third kappa shape index (κ3) is 2.59. The summed E-state index contributed by atoms with van der Waals surface area (Å²) >= 11 is 0. The SMILES string of the molecule is CC1CC(CO)CN(CN2C(=O)c3ccccc3C2=O)C1. The lowest BCUT2D eigenvalue weighted by Crippen LogP contribution is -2.48. The van der Waals surface area contributed by atoms with Crippen LogP contribution in [0.1, 0.15) is 34.1 Å². The van der Waals surface area contributed by atoms with E-state index in [4.69, 9.17) is 0 Å². The number of fused-ring (bicyclic) bond motifs is 1. The molecule has 5 heteroatoms. The highest BCUT2D eigenvalue weighted by Crippen LogP contribution is 2.25. The van der Waals surface area contributed by atoms with Crippen molar-refractivity contribution in [2.45, 2.75) is 13.3 Å². The Bertz CT molecular complexity index is 537. The largest absolute Gasteiger partial charge is 0.396 e. The van der Waals surface area contributed by atoms with Gasteiger partial charge >= 0.3 is 0 Å². The van der Waals surface area contributed by atoms with Crippen molar-refractivity contribution in [3.63, 3.8) is 0 Å². The van der Waals surface area contributed by atoms with E-state index in [1.807, 2.05) is 0 Å². The molecule has 0 radical (unpaired) electrons. The molecule has 0 aliphatic carbocycles. The molecule has 2 unspecified atom stereocenters. The molecule has 21 heavy (non-hydrogen) atoms. The van der Waals surface area contributed by atoms with Crippen molar-refractivity contribution >= 4 is 11.8 Å². The van der Waals surface area contributed by atoms with Crippen molar-refractivity contribution in [3.8, 4) is 0 Å². The minimum atomic E-state index is -0.214. The van der Waals surface area contributed by atoms with Crippen LogP contribution in [0.4, 0.5) is 0 Å². The lowest BCUT2D eigenvalue weighted by Gasteiger charge is -2.37. The maximum Gasteiger partial charge on any atom is 0.262 e. The van der Waals surface area contributed by atoms with Gasteiger partial charge in [-0.3, -0.25) is 19.4 Å². The molecule has 1 fully saturated rings. The summed E-state index contributed by atoms with van der Waals surface area (Å²) in [6.45, 7) is 4.19. The van der Waals surface area contributed by atoms with Crippen LogP contribution < -0.4 is 0 Å². The van der Waals surface area contributed by atoms with Crippen molar-refractivity contribution in [2.75, 3.05) is 26.4 Å². The molecule has 2 heterocycles. The fourth-order valence-corrected chi connectivity index (χ4v) is 3.41. The van der Waals surface area contributed by atoms with Crippen LogP contribution in [0.15, 0.2) is 24.3 Å². The molecule has 0 saturated carbocycles. The highest BCUT2D eigenvalue weighted by atomic mass is 16.3. The van der Waals surface area contributed by atoms with E-state index in [1.54, 1.807) is 24.3 Å². The van der Waals surface area contributed by atoms with Crippen LogP contribution in [0.5, 0.6) is 0 Å². The molecule has 3 rings (SSSR count). The number of carbonyl (C=O) groups excluding carboxylic acids is 2. The number of aliphatic hydroxyl groups excluding tert-OH is 1.